The van der Waals surface area contributed by atoms with Gasteiger partial charge in [0.1, 0.15) is 5.75 Å². The standard InChI is InChI=1S/C17H20N2O/c1-18-17(10-13-4-3-9-19-12-13)14-5-2-6-16(11-14)20-15-7-8-15/h2-6,9,11-12,15,17-18H,7-8,10H2,1H3. The number of rotatable bonds is 6. The number of hydrogen-bond donors (Lipinski definition) is 1. The molecule has 3 heteroatoms. The Hall–Kier alpha value is -1.87. The Bertz CT molecular complexity index is 552. The third kappa shape index (κ3) is 3.36. The zero-order chi connectivity index (χ0) is 13.8. The summed E-state index contributed by atoms with van der Waals surface area (Å²) >= 11 is 0. The molecule has 1 aromatic carbocycles. The number of likely N-dealkylation sites (N-methyl/N-ethyl adjacent to an activating group) is 1. The highest BCUT2D eigenvalue weighted by molar-refractivity contribution is 5.32. The van der Waals surface area contributed by atoms with Gasteiger partial charge < -0.3 is 10.1 Å². The first-order chi connectivity index (χ1) is 9.85. The molecular formula is C17H20N2O. The number of nitrogens with zero attached hydrogens (tertiary/aromatic N) is 1. The summed E-state index contributed by atoms with van der Waals surface area (Å²) in [6, 6.07) is 12.8. The van der Waals surface area contributed by atoms with Gasteiger partial charge in [0.15, 0.2) is 0 Å². The molecule has 20 heavy (non-hydrogen) atoms. The van der Waals surface area contributed by atoms with Gasteiger partial charge in [-0.25, -0.2) is 0 Å². The second kappa shape index (κ2) is 6.06. The van der Waals surface area contributed by atoms with E-state index in [0.29, 0.717) is 6.10 Å². The summed E-state index contributed by atoms with van der Waals surface area (Å²) in [6.07, 6.45) is 7.48. The van der Waals surface area contributed by atoms with E-state index in [9.17, 15) is 0 Å². The third-order valence-electron chi connectivity index (χ3n) is 3.60. The monoisotopic (exact) mass is 268 g/mol. The molecule has 1 saturated carbocycles. The number of nitrogens with one attached hydrogen (secondary N) is 1. The van der Waals surface area contributed by atoms with Gasteiger partial charge in [-0.15, -0.1) is 0 Å². The minimum atomic E-state index is 0.280. The summed E-state index contributed by atoms with van der Waals surface area (Å²) in [5, 5.41) is 3.38. The van der Waals surface area contributed by atoms with Crippen molar-refractivity contribution in [3.8, 4) is 5.75 Å². The Morgan fingerprint density at radius 2 is 2.20 bits per heavy atom. The van der Waals surface area contributed by atoms with E-state index in [4.69, 9.17) is 4.74 Å². The third-order valence-corrected chi connectivity index (χ3v) is 3.60. The van der Waals surface area contributed by atoms with Crippen LogP contribution in [0.3, 0.4) is 0 Å². The van der Waals surface area contributed by atoms with Crippen LogP contribution in [0.25, 0.3) is 0 Å². The van der Waals surface area contributed by atoms with Crippen molar-refractivity contribution in [1.82, 2.24) is 10.3 Å². The van der Waals surface area contributed by atoms with E-state index in [0.717, 1.165) is 12.2 Å². The molecule has 1 unspecified atom stereocenters. The molecule has 2 aromatic rings. The fourth-order valence-corrected chi connectivity index (χ4v) is 2.32. The van der Waals surface area contributed by atoms with E-state index < -0.39 is 0 Å². The smallest absolute Gasteiger partial charge is 0.120 e. The highest BCUT2D eigenvalue weighted by atomic mass is 16.5. The Kier molecular flexibility index (Phi) is 3.97. The molecule has 1 atom stereocenters. The molecule has 0 radical (unpaired) electrons. The van der Waals surface area contributed by atoms with E-state index in [-0.39, 0.29) is 6.04 Å². The van der Waals surface area contributed by atoms with E-state index in [1.54, 1.807) is 0 Å². The lowest BCUT2D eigenvalue weighted by atomic mass is 10.00. The highest BCUT2D eigenvalue weighted by Crippen LogP contribution is 2.28. The van der Waals surface area contributed by atoms with Crippen LogP contribution in [0.5, 0.6) is 5.75 Å². The number of benzene rings is 1. The second-order valence-electron chi connectivity index (χ2n) is 5.30. The lowest BCUT2D eigenvalue weighted by Crippen LogP contribution is -2.19. The summed E-state index contributed by atoms with van der Waals surface area (Å²) in [6.45, 7) is 0. The van der Waals surface area contributed by atoms with Crippen molar-refractivity contribution in [2.24, 2.45) is 0 Å². The minimum absolute atomic E-state index is 0.280. The Balaban J connectivity index is 1.74. The van der Waals surface area contributed by atoms with Gasteiger partial charge >= 0.3 is 0 Å². The van der Waals surface area contributed by atoms with Crippen molar-refractivity contribution in [1.29, 1.82) is 0 Å². The molecule has 1 heterocycles. The van der Waals surface area contributed by atoms with Crippen LogP contribution in [0, 0.1) is 0 Å². The van der Waals surface area contributed by atoms with Crippen LogP contribution in [-0.2, 0) is 6.42 Å². The molecular weight excluding hydrogens is 248 g/mol. The fourth-order valence-electron chi connectivity index (χ4n) is 2.32. The number of pyridine rings is 1. The Labute approximate surface area is 120 Å². The molecule has 0 saturated heterocycles. The minimum Gasteiger partial charge on any atom is -0.490 e. The predicted octanol–water partition coefficient (Wildman–Crippen LogP) is 3.13. The lowest BCUT2D eigenvalue weighted by molar-refractivity contribution is 0.302. The normalized spacial score (nSPS) is 15.8. The quantitative estimate of drug-likeness (QED) is 0.874. The average molecular weight is 268 g/mol. The largest absolute Gasteiger partial charge is 0.490 e. The molecule has 1 aromatic heterocycles. The average Bonchev–Trinajstić information content (AvgIpc) is 3.30. The SMILES string of the molecule is CNC(Cc1cccnc1)c1cccc(OC2CC2)c1. The van der Waals surface area contributed by atoms with Gasteiger partial charge in [-0.3, -0.25) is 4.98 Å². The van der Waals surface area contributed by atoms with Gasteiger partial charge in [0.2, 0.25) is 0 Å². The number of aromatic nitrogens is 1. The van der Waals surface area contributed by atoms with Gasteiger partial charge in [0.25, 0.3) is 0 Å². The van der Waals surface area contributed by atoms with Gasteiger partial charge in [-0.05, 0) is 55.6 Å². The van der Waals surface area contributed by atoms with E-state index in [1.807, 2.05) is 31.6 Å². The first-order valence-corrected chi connectivity index (χ1v) is 7.18. The molecule has 0 amide bonds. The van der Waals surface area contributed by atoms with Crippen LogP contribution in [-0.4, -0.2) is 18.1 Å². The summed E-state index contributed by atoms with van der Waals surface area (Å²) < 4.78 is 5.87. The maximum absolute atomic E-state index is 5.87. The highest BCUT2D eigenvalue weighted by Gasteiger charge is 2.23. The topological polar surface area (TPSA) is 34.2 Å². The van der Waals surface area contributed by atoms with Crippen LogP contribution >= 0.6 is 0 Å². The lowest BCUT2D eigenvalue weighted by Gasteiger charge is -2.17. The van der Waals surface area contributed by atoms with E-state index >= 15 is 0 Å². The van der Waals surface area contributed by atoms with Gasteiger partial charge in [0, 0.05) is 18.4 Å². The summed E-state index contributed by atoms with van der Waals surface area (Å²) in [4.78, 5) is 4.18. The van der Waals surface area contributed by atoms with Gasteiger partial charge in [-0.2, -0.15) is 0 Å². The van der Waals surface area contributed by atoms with Crippen LogP contribution < -0.4 is 10.1 Å². The molecule has 1 N–H and O–H groups in total. The first kappa shape index (κ1) is 13.1. The van der Waals surface area contributed by atoms with Gasteiger partial charge in [0.05, 0.1) is 6.10 Å². The van der Waals surface area contributed by atoms with Crippen molar-refractivity contribution < 1.29 is 4.74 Å². The summed E-state index contributed by atoms with van der Waals surface area (Å²) in [5.74, 6) is 0.983. The fraction of sp³-hybridized carbons (Fsp3) is 0.353. The Morgan fingerprint density at radius 3 is 2.90 bits per heavy atom. The van der Waals surface area contributed by atoms with Crippen LogP contribution in [0.4, 0.5) is 0 Å². The van der Waals surface area contributed by atoms with E-state index in [1.165, 1.54) is 24.0 Å². The van der Waals surface area contributed by atoms with E-state index in [2.05, 4.69) is 34.6 Å². The van der Waals surface area contributed by atoms with Crippen molar-refractivity contribution >= 4 is 0 Å². The van der Waals surface area contributed by atoms with Gasteiger partial charge in [-0.1, -0.05) is 18.2 Å². The van der Waals surface area contributed by atoms with Crippen molar-refractivity contribution in [3.05, 3.63) is 59.9 Å². The van der Waals surface area contributed by atoms with Crippen molar-refractivity contribution in [3.63, 3.8) is 0 Å². The summed E-state index contributed by atoms with van der Waals surface area (Å²) in [5.41, 5.74) is 2.50. The zero-order valence-electron chi connectivity index (χ0n) is 11.8. The molecule has 1 aliphatic rings. The molecule has 0 spiro atoms. The van der Waals surface area contributed by atoms with Crippen LogP contribution in [0.1, 0.15) is 30.0 Å². The molecule has 0 bridgehead atoms. The maximum Gasteiger partial charge on any atom is 0.120 e. The molecule has 104 valence electrons. The van der Waals surface area contributed by atoms with Crippen molar-refractivity contribution in [2.45, 2.75) is 31.4 Å². The molecule has 3 rings (SSSR count). The molecule has 0 aliphatic heterocycles. The summed E-state index contributed by atoms with van der Waals surface area (Å²) in [7, 11) is 2.00. The second-order valence-corrected chi connectivity index (χ2v) is 5.30. The molecule has 1 fully saturated rings. The number of ether oxygens (including phenoxy) is 1. The zero-order valence-corrected chi connectivity index (χ0v) is 11.8. The predicted molar refractivity (Wildman–Crippen MR) is 79.8 cm³/mol. The first-order valence-electron chi connectivity index (χ1n) is 7.18. The van der Waals surface area contributed by atoms with Crippen LogP contribution in [0.15, 0.2) is 48.8 Å². The Morgan fingerprint density at radius 1 is 1.30 bits per heavy atom. The molecule has 3 nitrogen and oxygen atoms in total. The maximum atomic E-state index is 5.87. The van der Waals surface area contributed by atoms with Crippen LogP contribution in [0.2, 0.25) is 0 Å². The molecule has 1 aliphatic carbocycles. The number of hydrogen-bond acceptors (Lipinski definition) is 3. The van der Waals surface area contributed by atoms with Crippen molar-refractivity contribution in [2.75, 3.05) is 7.05 Å².